The van der Waals surface area contributed by atoms with Gasteiger partial charge in [0.15, 0.2) is 18.2 Å². The van der Waals surface area contributed by atoms with E-state index in [1.165, 1.54) is 46.9 Å². The maximum Gasteiger partial charge on any atom is 0.405 e. The Morgan fingerprint density at radius 2 is 1.80 bits per heavy atom. The smallest absolute Gasteiger partial charge is 0.405 e. The number of fused-ring (bicyclic) bond motifs is 2. The van der Waals surface area contributed by atoms with Gasteiger partial charge >= 0.3 is 6.18 Å². The van der Waals surface area contributed by atoms with Gasteiger partial charge in [-0.15, -0.1) is 0 Å². The standard InChI is InChI=1S/C40H44ClF3N12O5/c1-45-32(58)21-61-29-16-23-15-24(17-46-36(23)52(2)38(29)60)48-35-27(41)18-47-39(50-35)56-14-13-55(30(20-56)40(42,43)44)19-22-9-11-54(12-10-22)28-6-4-5-25-33(51-53(3)34(25)28)26-7-8-31(57)49-37(26)59/h4-6,15-18,22,26,30H,7-14,19-21H2,1-3H3,(H,45,58)(H,47,48,50)(H,49,57,59). The van der Waals surface area contributed by atoms with Gasteiger partial charge in [0.25, 0.3) is 11.5 Å². The highest BCUT2D eigenvalue weighted by Gasteiger charge is 2.47. The van der Waals surface area contributed by atoms with Gasteiger partial charge in [-0.1, -0.05) is 23.7 Å². The molecule has 2 unspecified atom stereocenters. The number of carbonyl (C=O) groups is 3. The van der Waals surface area contributed by atoms with Crippen molar-refractivity contribution in [2.45, 2.75) is 43.8 Å². The topological polar surface area (TPSA) is 185 Å². The summed E-state index contributed by atoms with van der Waals surface area (Å²) in [5, 5.41) is 14.1. The zero-order valence-corrected chi connectivity index (χ0v) is 34.4. The summed E-state index contributed by atoms with van der Waals surface area (Å²) < 4.78 is 52.8. The minimum Gasteiger partial charge on any atom is -0.478 e. The molecule has 3 fully saturated rings. The summed E-state index contributed by atoms with van der Waals surface area (Å²) >= 11 is 6.47. The molecule has 0 spiro atoms. The summed E-state index contributed by atoms with van der Waals surface area (Å²) in [6.45, 7) is 1.26. The number of amides is 3. The molecule has 2 atom stereocenters. The number of aryl methyl sites for hydroxylation is 2. The second kappa shape index (κ2) is 16.8. The van der Waals surface area contributed by atoms with Crippen molar-refractivity contribution in [2.75, 3.05) is 68.0 Å². The lowest BCUT2D eigenvalue weighted by molar-refractivity contribution is -0.186. The fraction of sp³-hybridized carbons (Fsp3) is 0.450. The van der Waals surface area contributed by atoms with Crippen LogP contribution in [-0.2, 0) is 28.5 Å². The number of para-hydroxylation sites is 1. The lowest BCUT2D eigenvalue weighted by Gasteiger charge is -2.44. The lowest BCUT2D eigenvalue weighted by Crippen LogP contribution is -2.60. The molecule has 17 nitrogen and oxygen atoms in total. The predicted molar refractivity (Wildman–Crippen MR) is 221 cm³/mol. The number of nitrogens with one attached hydrogen (secondary N) is 3. The van der Waals surface area contributed by atoms with Crippen LogP contribution in [0.15, 0.2) is 47.5 Å². The third kappa shape index (κ3) is 8.50. The second-order valence-corrected chi connectivity index (χ2v) is 16.0. The third-order valence-electron chi connectivity index (χ3n) is 11.7. The van der Waals surface area contributed by atoms with Crippen molar-refractivity contribution in [3.8, 4) is 5.75 Å². The first-order valence-electron chi connectivity index (χ1n) is 19.9. The van der Waals surface area contributed by atoms with Crippen molar-refractivity contribution < 1.29 is 32.3 Å². The van der Waals surface area contributed by atoms with Gasteiger partial charge in [0.1, 0.15) is 16.7 Å². The van der Waals surface area contributed by atoms with E-state index >= 15 is 0 Å². The number of piperazine rings is 1. The van der Waals surface area contributed by atoms with Gasteiger partial charge in [-0.3, -0.25) is 38.6 Å². The number of hydrogen-bond acceptors (Lipinski definition) is 13. The fourth-order valence-corrected chi connectivity index (χ4v) is 8.62. The van der Waals surface area contributed by atoms with Crippen molar-refractivity contribution in [2.24, 2.45) is 20.0 Å². The number of ether oxygens (including phenoxy) is 1. The number of anilines is 4. The van der Waals surface area contributed by atoms with E-state index in [4.69, 9.17) is 21.4 Å². The number of pyridine rings is 2. The molecule has 61 heavy (non-hydrogen) atoms. The summed E-state index contributed by atoms with van der Waals surface area (Å²) in [6.07, 6.45) is 0.313. The van der Waals surface area contributed by atoms with Crippen LogP contribution in [0.2, 0.25) is 5.02 Å². The van der Waals surface area contributed by atoms with Gasteiger partial charge in [-0.2, -0.15) is 23.3 Å². The van der Waals surface area contributed by atoms with E-state index in [1.54, 1.807) is 10.7 Å². The van der Waals surface area contributed by atoms with Crippen LogP contribution in [0.4, 0.5) is 36.3 Å². The summed E-state index contributed by atoms with van der Waals surface area (Å²) in [4.78, 5) is 67.4. The Kier molecular flexibility index (Phi) is 11.5. The number of nitrogens with zero attached hydrogens (tertiary/aromatic N) is 9. The molecule has 7 heterocycles. The molecule has 3 saturated heterocycles. The number of carbonyl (C=O) groups excluding carboxylic acids is 3. The molecule has 3 amide bonds. The Bertz CT molecular complexity index is 2580. The Morgan fingerprint density at radius 1 is 1.02 bits per heavy atom. The minimum absolute atomic E-state index is 0.0384. The number of hydrogen-bond donors (Lipinski definition) is 3. The second-order valence-electron chi connectivity index (χ2n) is 15.6. The van der Waals surface area contributed by atoms with Crippen molar-refractivity contribution in [1.82, 2.24) is 44.8 Å². The van der Waals surface area contributed by atoms with Crippen LogP contribution in [0.5, 0.6) is 5.75 Å². The van der Waals surface area contributed by atoms with Crippen LogP contribution in [0.3, 0.4) is 0 Å². The molecule has 0 bridgehead atoms. The highest BCUT2D eigenvalue weighted by Crippen LogP contribution is 2.37. The molecule has 3 aliphatic rings. The van der Waals surface area contributed by atoms with Crippen molar-refractivity contribution in [3.05, 3.63) is 63.8 Å². The highest BCUT2D eigenvalue weighted by molar-refractivity contribution is 6.33. The minimum atomic E-state index is -4.51. The predicted octanol–water partition coefficient (Wildman–Crippen LogP) is 3.62. The Balaban J connectivity index is 0.928. The molecular weight excluding hydrogens is 821 g/mol. The molecule has 5 aromatic rings. The van der Waals surface area contributed by atoms with E-state index in [0.29, 0.717) is 54.8 Å². The molecule has 0 radical (unpaired) electrons. The van der Waals surface area contributed by atoms with Gasteiger partial charge in [0.05, 0.1) is 40.9 Å². The van der Waals surface area contributed by atoms with Gasteiger partial charge in [0.2, 0.25) is 17.8 Å². The molecule has 322 valence electrons. The van der Waals surface area contributed by atoms with Gasteiger partial charge in [-0.05, 0) is 43.4 Å². The van der Waals surface area contributed by atoms with Crippen LogP contribution in [-0.4, -0.2) is 117 Å². The molecule has 8 rings (SSSR count). The first-order chi connectivity index (χ1) is 29.2. The van der Waals surface area contributed by atoms with Crippen LogP contribution in [0, 0.1) is 5.92 Å². The lowest BCUT2D eigenvalue weighted by atomic mass is 9.92. The largest absolute Gasteiger partial charge is 0.478 e. The normalized spacial score (nSPS) is 19.4. The summed E-state index contributed by atoms with van der Waals surface area (Å²) in [5.74, 6) is -1.35. The van der Waals surface area contributed by atoms with E-state index in [9.17, 15) is 32.3 Å². The molecule has 21 heteroatoms. The maximum absolute atomic E-state index is 14.8. The molecule has 4 aromatic heterocycles. The number of aromatic nitrogens is 6. The van der Waals surface area contributed by atoms with Crippen molar-refractivity contribution >= 4 is 74.4 Å². The molecule has 3 aliphatic heterocycles. The van der Waals surface area contributed by atoms with E-state index in [-0.39, 0.29) is 79.5 Å². The van der Waals surface area contributed by atoms with Crippen molar-refractivity contribution in [3.63, 3.8) is 0 Å². The number of likely N-dealkylation sites (N-methyl/N-ethyl adjacent to an activating group) is 1. The monoisotopic (exact) mass is 864 g/mol. The Hall–Kier alpha value is -6.02. The summed E-state index contributed by atoms with van der Waals surface area (Å²) in [7, 11) is 4.81. The van der Waals surface area contributed by atoms with Gasteiger partial charge < -0.3 is 25.2 Å². The quantitative estimate of drug-likeness (QED) is 0.173. The Labute approximate surface area is 352 Å². The van der Waals surface area contributed by atoms with Gasteiger partial charge in [0, 0.05) is 77.6 Å². The average molecular weight is 865 g/mol. The van der Waals surface area contributed by atoms with E-state index in [2.05, 4.69) is 35.8 Å². The zero-order valence-electron chi connectivity index (χ0n) is 33.6. The molecule has 0 aliphatic carbocycles. The summed E-state index contributed by atoms with van der Waals surface area (Å²) in [6, 6.07) is 7.25. The van der Waals surface area contributed by atoms with E-state index in [1.807, 2.05) is 25.2 Å². The van der Waals surface area contributed by atoms with Crippen LogP contribution >= 0.6 is 11.6 Å². The number of alkyl halides is 3. The number of rotatable bonds is 10. The van der Waals surface area contributed by atoms with Crippen LogP contribution in [0.25, 0.3) is 21.9 Å². The molecule has 0 saturated carbocycles. The molecule has 1 aromatic carbocycles. The SMILES string of the molecule is CNC(=O)COc1cc2cc(Nc3nc(N4CCN(CC5CCN(c6cccc7c(C8CCC(=O)NC8=O)nn(C)c67)CC5)C(C(F)(F)F)C4)ncc3Cl)cnc2n(C)c1=O. The van der Waals surface area contributed by atoms with E-state index in [0.717, 1.165) is 16.6 Å². The summed E-state index contributed by atoms with van der Waals surface area (Å²) in [5.41, 5.74) is 2.75. The van der Waals surface area contributed by atoms with Crippen molar-refractivity contribution in [1.29, 1.82) is 0 Å². The zero-order chi connectivity index (χ0) is 43.2. The van der Waals surface area contributed by atoms with E-state index < -0.39 is 29.6 Å². The number of imide groups is 1. The number of benzene rings is 1. The number of piperidine rings is 2. The number of halogens is 4. The third-order valence-corrected chi connectivity index (χ3v) is 12.0. The fourth-order valence-electron chi connectivity index (χ4n) is 8.48. The molecular formula is C40H44ClF3N12O5. The first-order valence-corrected chi connectivity index (χ1v) is 20.3. The van der Waals surface area contributed by atoms with Crippen LogP contribution < -0.4 is 36.0 Å². The Morgan fingerprint density at radius 3 is 2.54 bits per heavy atom. The maximum atomic E-state index is 14.8. The van der Waals surface area contributed by atoms with Crippen LogP contribution in [0.1, 0.15) is 37.3 Å². The molecule has 3 N–H and O–H groups in total. The first kappa shape index (κ1) is 41.7. The average Bonchev–Trinajstić information content (AvgIpc) is 3.58. The highest BCUT2D eigenvalue weighted by atomic mass is 35.5. The van der Waals surface area contributed by atoms with Gasteiger partial charge in [-0.25, -0.2) is 9.97 Å².